The molecule has 112 valence electrons. The molecule has 2 saturated carbocycles. The van der Waals surface area contributed by atoms with Crippen LogP contribution in [0.3, 0.4) is 0 Å². The molecule has 0 spiro atoms. The fraction of sp³-hybridized carbons (Fsp3) is 0.846. The lowest BCUT2D eigenvalue weighted by Gasteiger charge is -2.24. The van der Waals surface area contributed by atoms with Gasteiger partial charge in [-0.2, -0.15) is 0 Å². The highest BCUT2D eigenvalue weighted by Gasteiger charge is 2.54. The first-order chi connectivity index (χ1) is 9.21. The molecular weight excluding hydrogens is 276 g/mol. The summed E-state index contributed by atoms with van der Waals surface area (Å²) < 4.78 is 25.2. The smallest absolute Gasteiger partial charge is 0.273 e. The maximum Gasteiger partial charge on any atom is 0.273 e. The van der Waals surface area contributed by atoms with Gasteiger partial charge in [-0.05, 0) is 45.4 Å². The summed E-state index contributed by atoms with van der Waals surface area (Å²) in [7, 11) is -3.84. The molecule has 0 saturated heterocycles. The number of nitrogens with zero attached hydrogens (tertiary/aromatic N) is 3. The molecule has 1 aromatic heterocycles. The van der Waals surface area contributed by atoms with E-state index < -0.39 is 15.6 Å². The van der Waals surface area contributed by atoms with Crippen molar-refractivity contribution in [3.05, 3.63) is 5.82 Å². The molecule has 0 aromatic carbocycles. The molecule has 3 rings (SSSR count). The molecule has 2 N–H and O–H groups in total. The van der Waals surface area contributed by atoms with E-state index in [4.69, 9.17) is 5.14 Å². The van der Waals surface area contributed by atoms with Crippen molar-refractivity contribution in [1.29, 1.82) is 0 Å². The van der Waals surface area contributed by atoms with Crippen LogP contribution in [0.5, 0.6) is 0 Å². The van der Waals surface area contributed by atoms with Gasteiger partial charge in [0.25, 0.3) is 15.2 Å². The summed E-state index contributed by atoms with van der Waals surface area (Å²) in [6.45, 7) is 5.88. The van der Waals surface area contributed by atoms with Crippen LogP contribution in [0.2, 0.25) is 0 Å². The normalized spacial score (nSPS) is 30.1. The van der Waals surface area contributed by atoms with E-state index in [1.807, 2.05) is 20.8 Å². The maximum absolute atomic E-state index is 11.7. The number of sulfonamides is 1. The van der Waals surface area contributed by atoms with Crippen molar-refractivity contribution in [2.45, 2.75) is 63.1 Å². The number of primary sulfonamides is 1. The van der Waals surface area contributed by atoms with Crippen LogP contribution in [0.4, 0.5) is 0 Å². The monoisotopic (exact) mass is 298 g/mol. The van der Waals surface area contributed by atoms with Gasteiger partial charge in [0.15, 0.2) is 0 Å². The first-order valence-electron chi connectivity index (χ1n) is 7.20. The highest BCUT2D eigenvalue weighted by Crippen LogP contribution is 2.61. The van der Waals surface area contributed by atoms with E-state index in [9.17, 15) is 8.42 Å². The van der Waals surface area contributed by atoms with Crippen LogP contribution in [0, 0.1) is 11.8 Å². The van der Waals surface area contributed by atoms with Gasteiger partial charge in [0.05, 0.1) is 0 Å². The zero-order valence-corrected chi connectivity index (χ0v) is 13.0. The van der Waals surface area contributed by atoms with Crippen molar-refractivity contribution in [2.75, 3.05) is 0 Å². The summed E-state index contributed by atoms with van der Waals surface area (Å²) >= 11 is 0. The second kappa shape index (κ2) is 4.27. The Kier molecular flexibility index (Phi) is 2.99. The van der Waals surface area contributed by atoms with Crippen LogP contribution < -0.4 is 5.14 Å². The average Bonchev–Trinajstić information content (AvgIpc) is 2.84. The zero-order valence-electron chi connectivity index (χ0n) is 12.2. The summed E-state index contributed by atoms with van der Waals surface area (Å²) in [5.41, 5.74) is -0.396. The van der Waals surface area contributed by atoms with Crippen molar-refractivity contribution in [3.63, 3.8) is 0 Å². The predicted octanol–water partition coefficient (Wildman–Crippen LogP) is 1.58. The summed E-state index contributed by atoms with van der Waals surface area (Å²) in [4.78, 5) is 0. The lowest BCUT2D eigenvalue weighted by molar-refractivity contribution is 0.347. The van der Waals surface area contributed by atoms with E-state index in [2.05, 4.69) is 10.2 Å². The third-order valence-electron chi connectivity index (χ3n) is 4.54. The first kappa shape index (κ1) is 14.0. The lowest BCUT2D eigenvalue weighted by atomic mass is 10.0. The van der Waals surface area contributed by atoms with E-state index in [0.717, 1.165) is 5.82 Å². The maximum atomic E-state index is 11.7. The van der Waals surface area contributed by atoms with Crippen molar-refractivity contribution in [1.82, 2.24) is 14.8 Å². The summed E-state index contributed by atoms with van der Waals surface area (Å²) in [5.74, 6) is 2.47. The Balaban J connectivity index is 2.07. The standard InChI is InChI=1S/C13H22N4O2S/c1-13(2,3)17-11(15-16-12(17)20(14,18)19)10-8-6-4-5-7-9(8)10/h8-10H,4-7H2,1-3H3,(H2,14,18,19). The van der Waals surface area contributed by atoms with Crippen LogP contribution in [0.25, 0.3) is 0 Å². The van der Waals surface area contributed by atoms with Gasteiger partial charge in [0, 0.05) is 11.5 Å². The second-order valence-corrected chi connectivity index (χ2v) is 8.49. The van der Waals surface area contributed by atoms with E-state index in [0.29, 0.717) is 17.8 Å². The van der Waals surface area contributed by atoms with Crippen LogP contribution >= 0.6 is 0 Å². The number of fused-ring (bicyclic) bond motifs is 1. The molecule has 7 heteroatoms. The molecule has 0 amide bonds. The van der Waals surface area contributed by atoms with Crippen molar-refractivity contribution in [2.24, 2.45) is 17.0 Å². The number of nitrogens with two attached hydrogens (primary N) is 1. The fourth-order valence-electron chi connectivity index (χ4n) is 3.69. The van der Waals surface area contributed by atoms with Crippen LogP contribution in [-0.4, -0.2) is 23.2 Å². The van der Waals surface area contributed by atoms with Gasteiger partial charge in [-0.1, -0.05) is 12.8 Å². The third kappa shape index (κ3) is 2.16. The van der Waals surface area contributed by atoms with E-state index in [-0.39, 0.29) is 5.16 Å². The molecule has 1 heterocycles. The molecule has 2 aliphatic rings. The molecule has 1 aromatic rings. The largest absolute Gasteiger partial charge is 0.295 e. The molecular formula is C13H22N4O2S. The van der Waals surface area contributed by atoms with Crippen molar-refractivity contribution in [3.8, 4) is 0 Å². The topological polar surface area (TPSA) is 90.9 Å². The quantitative estimate of drug-likeness (QED) is 0.897. The molecule has 2 unspecified atom stereocenters. The first-order valence-corrected chi connectivity index (χ1v) is 8.74. The van der Waals surface area contributed by atoms with Gasteiger partial charge in [0.1, 0.15) is 5.82 Å². The Bertz CT molecular complexity index is 617. The third-order valence-corrected chi connectivity index (χ3v) is 5.31. The van der Waals surface area contributed by atoms with E-state index >= 15 is 0 Å². The summed E-state index contributed by atoms with van der Waals surface area (Å²) in [5, 5.41) is 13.2. The minimum Gasteiger partial charge on any atom is -0.295 e. The van der Waals surface area contributed by atoms with Gasteiger partial charge in [-0.3, -0.25) is 4.57 Å². The zero-order chi connectivity index (χ0) is 14.7. The Morgan fingerprint density at radius 2 is 1.70 bits per heavy atom. The summed E-state index contributed by atoms with van der Waals surface area (Å²) in [6, 6.07) is 0. The Hall–Kier alpha value is -0.950. The number of hydrogen-bond donors (Lipinski definition) is 1. The van der Waals surface area contributed by atoms with Crippen LogP contribution in [0.15, 0.2) is 5.16 Å². The Morgan fingerprint density at radius 1 is 1.15 bits per heavy atom. The highest BCUT2D eigenvalue weighted by molar-refractivity contribution is 7.89. The fourth-order valence-corrected chi connectivity index (χ4v) is 4.46. The highest BCUT2D eigenvalue weighted by atomic mass is 32.2. The molecule has 20 heavy (non-hydrogen) atoms. The van der Waals surface area contributed by atoms with Gasteiger partial charge in [0.2, 0.25) is 0 Å². The summed E-state index contributed by atoms with van der Waals surface area (Å²) in [6.07, 6.45) is 4.97. The predicted molar refractivity (Wildman–Crippen MR) is 74.6 cm³/mol. The molecule has 0 bridgehead atoms. The molecule has 2 aliphatic carbocycles. The van der Waals surface area contributed by atoms with Gasteiger partial charge in [-0.25, -0.2) is 13.6 Å². The Labute approximate surface area is 119 Å². The van der Waals surface area contributed by atoms with Gasteiger partial charge < -0.3 is 0 Å². The number of rotatable bonds is 2. The minimum absolute atomic E-state index is 0.108. The molecule has 0 aliphatic heterocycles. The number of hydrogen-bond acceptors (Lipinski definition) is 4. The molecule has 0 radical (unpaired) electrons. The Morgan fingerprint density at radius 3 is 2.15 bits per heavy atom. The minimum atomic E-state index is -3.84. The number of aromatic nitrogens is 3. The lowest BCUT2D eigenvalue weighted by Crippen LogP contribution is -2.30. The van der Waals surface area contributed by atoms with Crippen LogP contribution in [0.1, 0.15) is 58.2 Å². The van der Waals surface area contributed by atoms with Crippen molar-refractivity contribution >= 4 is 10.0 Å². The van der Waals surface area contributed by atoms with E-state index in [1.165, 1.54) is 25.7 Å². The molecule has 6 nitrogen and oxygen atoms in total. The second-order valence-electron chi connectivity index (χ2n) is 7.03. The van der Waals surface area contributed by atoms with Crippen LogP contribution in [-0.2, 0) is 15.6 Å². The SMILES string of the molecule is CC(C)(C)n1c(C2C3CCCCC32)nnc1S(N)(=O)=O. The van der Waals surface area contributed by atoms with Gasteiger partial charge in [-0.15, -0.1) is 10.2 Å². The van der Waals surface area contributed by atoms with E-state index in [1.54, 1.807) is 4.57 Å². The molecule has 2 fully saturated rings. The van der Waals surface area contributed by atoms with Crippen molar-refractivity contribution < 1.29 is 8.42 Å². The average molecular weight is 298 g/mol. The molecule has 2 atom stereocenters. The van der Waals surface area contributed by atoms with Gasteiger partial charge >= 0.3 is 0 Å².